The van der Waals surface area contributed by atoms with Gasteiger partial charge in [0.25, 0.3) is 10.0 Å². The molecule has 1 aromatic heterocycles. The second-order valence-corrected chi connectivity index (χ2v) is 8.50. The molecule has 0 bridgehead atoms. The van der Waals surface area contributed by atoms with Gasteiger partial charge in [-0.15, -0.1) is 11.3 Å². The summed E-state index contributed by atoms with van der Waals surface area (Å²) in [6.45, 7) is 1.90. The van der Waals surface area contributed by atoms with Gasteiger partial charge >= 0.3 is 0 Å². The number of methoxy groups -OCH3 is 3. The van der Waals surface area contributed by atoms with Crippen molar-refractivity contribution in [2.24, 2.45) is 0 Å². The van der Waals surface area contributed by atoms with E-state index in [0.717, 1.165) is 5.01 Å². The fraction of sp³-hybridized carbons (Fsp3) is 0.211. The van der Waals surface area contributed by atoms with Crippen LogP contribution in [0.3, 0.4) is 0 Å². The van der Waals surface area contributed by atoms with Gasteiger partial charge in [0.1, 0.15) is 22.1 Å². The van der Waals surface area contributed by atoms with Crippen LogP contribution < -0.4 is 18.9 Å². The number of sulfonamides is 1. The molecule has 1 N–H and O–H groups in total. The largest absolute Gasteiger partial charge is 0.497 e. The van der Waals surface area contributed by atoms with Gasteiger partial charge in [0.2, 0.25) is 0 Å². The van der Waals surface area contributed by atoms with E-state index in [1.165, 1.54) is 32.7 Å². The zero-order valence-corrected chi connectivity index (χ0v) is 17.5. The molecule has 3 aromatic rings. The molecule has 0 saturated carbocycles. The molecule has 0 spiro atoms. The van der Waals surface area contributed by atoms with Gasteiger partial charge in [-0.25, -0.2) is 13.4 Å². The summed E-state index contributed by atoms with van der Waals surface area (Å²) in [6, 6.07) is 9.76. The molecule has 0 amide bonds. The van der Waals surface area contributed by atoms with Crippen molar-refractivity contribution in [3.8, 4) is 28.5 Å². The molecule has 9 heteroatoms. The van der Waals surface area contributed by atoms with E-state index in [0.29, 0.717) is 28.4 Å². The number of thiazole rings is 1. The molecule has 7 nitrogen and oxygen atoms in total. The second kappa shape index (κ2) is 8.07. The highest BCUT2D eigenvalue weighted by Crippen LogP contribution is 2.34. The highest BCUT2D eigenvalue weighted by atomic mass is 32.2. The molecule has 148 valence electrons. The number of anilines is 1. The summed E-state index contributed by atoms with van der Waals surface area (Å²) in [4.78, 5) is 4.43. The van der Waals surface area contributed by atoms with E-state index in [4.69, 9.17) is 14.2 Å². The Bertz CT molecular complexity index is 1090. The Balaban J connectivity index is 2.03. The maximum atomic E-state index is 13.1. The maximum Gasteiger partial charge on any atom is 0.265 e. The summed E-state index contributed by atoms with van der Waals surface area (Å²) in [5.74, 6) is 1.13. The summed E-state index contributed by atoms with van der Waals surface area (Å²) in [5, 5.41) is 2.78. The van der Waals surface area contributed by atoms with Crippen molar-refractivity contribution in [3.63, 3.8) is 0 Å². The zero-order valence-electron chi connectivity index (χ0n) is 15.8. The monoisotopic (exact) mass is 420 g/mol. The minimum absolute atomic E-state index is 0.0102. The van der Waals surface area contributed by atoms with Gasteiger partial charge in [0, 0.05) is 17.0 Å². The molecule has 0 fully saturated rings. The lowest BCUT2D eigenvalue weighted by Gasteiger charge is -2.15. The minimum Gasteiger partial charge on any atom is -0.497 e. The van der Waals surface area contributed by atoms with Crippen LogP contribution in [0, 0.1) is 6.92 Å². The molecular formula is C19H20N2O5S2. The maximum absolute atomic E-state index is 13.1. The average molecular weight is 421 g/mol. The molecule has 1 heterocycles. The first-order chi connectivity index (χ1) is 13.4. The van der Waals surface area contributed by atoms with E-state index in [2.05, 4.69) is 9.71 Å². The first-order valence-electron chi connectivity index (χ1n) is 8.23. The zero-order chi connectivity index (χ0) is 20.3. The molecule has 0 saturated heterocycles. The molecule has 0 aliphatic carbocycles. The Morgan fingerprint density at radius 3 is 2.32 bits per heavy atom. The first-order valence-corrected chi connectivity index (χ1v) is 10.6. The molecule has 0 radical (unpaired) electrons. The van der Waals surface area contributed by atoms with Gasteiger partial charge in [-0.1, -0.05) is 0 Å². The Labute approximate surface area is 168 Å². The third-order valence-corrected chi connectivity index (χ3v) is 6.18. The van der Waals surface area contributed by atoms with Crippen LogP contribution in [-0.2, 0) is 10.0 Å². The lowest BCUT2D eigenvalue weighted by atomic mass is 10.2. The van der Waals surface area contributed by atoms with Crippen LogP contribution in [0.25, 0.3) is 11.3 Å². The summed E-state index contributed by atoms with van der Waals surface area (Å²) in [6.07, 6.45) is 0. The average Bonchev–Trinajstić information content (AvgIpc) is 3.13. The van der Waals surface area contributed by atoms with Crippen LogP contribution in [0.4, 0.5) is 5.69 Å². The number of hydrogen-bond donors (Lipinski definition) is 1. The van der Waals surface area contributed by atoms with E-state index in [9.17, 15) is 8.42 Å². The van der Waals surface area contributed by atoms with Crippen LogP contribution in [0.15, 0.2) is 46.7 Å². The lowest BCUT2D eigenvalue weighted by molar-refractivity contribution is 0.395. The smallest absolute Gasteiger partial charge is 0.265 e. The number of rotatable bonds is 7. The first kappa shape index (κ1) is 20.0. The molecule has 0 aliphatic rings. The normalized spacial score (nSPS) is 11.1. The van der Waals surface area contributed by atoms with Crippen molar-refractivity contribution in [2.75, 3.05) is 26.1 Å². The van der Waals surface area contributed by atoms with Crippen molar-refractivity contribution < 1.29 is 22.6 Å². The molecule has 0 aliphatic heterocycles. The standard InChI is InChI=1S/C19H20N2O5S2/c1-12-20-16(11-27-12)13-5-8-17(25-3)19(9-13)28(22,23)21-15-7-6-14(24-2)10-18(15)26-4/h5-11,21H,1-4H3. The summed E-state index contributed by atoms with van der Waals surface area (Å²) >= 11 is 1.50. The Morgan fingerprint density at radius 1 is 0.964 bits per heavy atom. The van der Waals surface area contributed by atoms with Crippen molar-refractivity contribution in [1.29, 1.82) is 0 Å². The van der Waals surface area contributed by atoms with Crippen molar-refractivity contribution in [2.45, 2.75) is 11.8 Å². The Morgan fingerprint density at radius 2 is 1.71 bits per heavy atom. The van der Waals surface area contributed by atoms with Gasteiger partial charge in [0.05, 0.1) is 37.7 Å². The van der Waals surface area contributed by atoms with Crippen molar-refractivity contribution >= 4 is 27.0 Å². The quantitative estimate of drug-likeness (QED) is 0.623. The second-order valence-electron chi connectivity index (χ2n) is 5.79. The van der Waals surface area contributed by atoms with Crippen LogP contribution in [0.1, 0.15) is 5.01 Å². The fourth-order valence-electron chi connectivity index (χ4n) is 2.62. The molecule has 3 rings (SSSR count). The van der Waals surface area contributed by atoms with Crippen molar-refractivity contribution in [3.05, 3.63) is 46.8 Å². The highest BCUT2D eigenvalue weighted by molar-refractivity contribution is 7.92. The summed E-state index contributed by atoms with van der Waals surface area (Å²) in [5.41, 5.74) is 1.69. The van der Waals surface area contributed by atoms with Gasteiger partial charge in [-0.2, -0.15) is 0 Å². The number of aryl methyl sites for hydroxylation is 1. The van der Waals surface area contributed by atoms with Crippen LogP contribution in [0.2, 0.25) is 0 Å². The number of ether oxygens (including phenoxy) is 3. The van der Waals surface area contributed by atoms with Gasteiger partial charge in [-0.3, -0.25) is 4.72 Å². The van der Waals surface area contributed by atoms with Crippen LogP contribution in [0.5, 0.6) is 17.2 Å². The van der Waals surface area contributed by atoms with Crippen molar-refractivity contribution in [1.82, 2.24) is 4.98 Å². The van der Waals surface area contributed by atoms with E-state index in [-0.39, 0.29) is 10.6 Å². The molecule has 0 atom stereocenters. The van der Waals surface area contributed by atoms with Crippen LogP contribution in [-0.4, -0.2) is 34.7 Å². The number of nitrogens with one attached hydrogen (secondary N) is 1. The third kappa shape index (κ3) is 4.05. The van der Waals surface area contributed by atoms with Gasteiger partial charge in [-0.05, 0) is 37.3 Å². The van der Waals surface area contributed by atoms with E-state index in [1.54, 1.807) is 36.4 Å². The molecule has 0 unspecified atom stereocenters. The third-order valence-electron chi connectivity index (χ3n) is 4.02. The van der Waals surface area contributed by atoms with E-state index < -0.39 is 10.0 Å². The number of hydrogen-bond acceptors (Lipinski definition) is 7. The SMILES string of the molecule is COc1ccc(NS(=O)(=O)c2cc(-c3csc(C)n3)ccc2OC)c(OC)c1. The number of benzene rings is 2. The topological polar surface area (TPSA) is 86.8 Å². The molecular weight excluding hydrogens is 400 g/mol. The van der Waals surface area contributed by atoms with E-state index >= 15 is 0 Å². The number of aromatic nitrogens is 1. The summed E-state index contributed by atoms with van der Waals surface area (Å²) < 4.78 is 44.4. The molecule has 2 aromatic carbocycles. The van der Waals surface area contributed by atoms with E-state index in [1.807, 2.05) is 12.3 Å². The number of nitrogens with zero attached hydrogens (tertiary/aromatic N) is 1. The summed E-state index contributed by atoms with van der Waals surface area (Å²) in [7, 11) is 0.453. The predicted octanol–water partition coefficient (Wildman–Crippen LogP) is 3.95. The van der Waals surface area contributed by atoms with Gasteiger partial charge < -0.3 is 14.2 Å². The Kier molecular flexibility index (Phi) is 5.76. The Hall–Kier alpha value is -2.78. The fourth-order valence-corrected chi connectivity index (χ4v) is 4.51. The highest BCUT2D eigenvalue weighted by Gasteiger charge is 2.23. The predicted molar refractivity (Wildman–Crippen MR) is 109 cm³/mol. The van der Waals surface area contributed by atoms with Crippen LogP contribution >= 0.6 is 11.3 Å². The lowest BCUT2D eigenvalue weighted by Crippen LogP contribution is -2.15. The van der Waals surface area contributed by atoms with Gasteiger partial charge in [0.15, 0.2) is 0 Å². The minimum atomic E-state index is -3.95. The molecule has 28 heavy (non-hydrogen) atoms.